The molecular formula is C12H19NO2. The molecule has 2 rings (SSSR count). The Morgan fingerprint density at radius 2 is 2.00 bits per heavy atom. The molecule has 1 aliphatic heterocycles. The molecule has 0 aliphatic carbocycles. The van der Waals surface area contributed by atoms with Gasteiger partial charge in [-0.3, -0.25) is 0 Å². The van der Waals surface area contributed by atoms with Crippen LogP contribution in [0, 0.1) is 0 Å². The van der Waals surface area contributed by atoms with Crippen molar-refractivity contribution in [1.29, 1.82) is 0 Å². The lowest BCUT2D eigenvalue weighted by Gasteiger charge is -2.21. The number of hydrogen-bond donors (Lipinski definition) is 1. The highest BCUT2D eigenvalue weighted by Crippen LogP contribution is 2.17. The van der Waals surface area contributed by atoms with E-state index in [0.717, 1.165) is 13.1 Å². The summed E-state index contributed by atoms with van der Waals surface area (Å²) in [5.41, 5.74) is 0. The van der Waals surface area contributed by atoms with Crippen molar-refractivity contribution in [2.24, 2.45) is 0 Å². The molecule has 0 aromatic carbocycles. The van der Waals surface area contributed by atoms with Crippen molar-refractivity contribution in [3.05, 3.63) is 24.2 Å². The van der Waals surface area contributed by atoms with Gasteiger partial charge in [-0.25, -0.2) is 0 Å². The summed E-state index contributed by atoms with van der Waals surface area (Å²) < 4.78 is 5.19. The highest BCUT2D eigenvalue weighted by atomic mass is 16.4. The summed E-state index contributed by atoms with van der Waals surface area (Å²) in [4.78, 5) is 2.33. The Morgan fingerprint density at radius 1 is 1.27 bits per heavy atom. The second-order valence-corrected chi connectivity index (χ2v) is 4.25. The van der Waals surface area contributed by atoms with Gasteiger partial charge in [0, 0.05) is 6.54 Å². The van der Waals surface area contributed by atoms with E-state index < -0.39 is 6.10 Å². The maximum absolute atomic E-state index is 9.92. The highest BCUT2D eigenvalue weighted by molar-refractivity contribution is 5.02. The molecule has 1 unspecified atom stereocenters. The minimum atomic E-state index is -0.474. The van der Waals surface area contributed by atoms with Gasteiger partial charge in [-0.2, -0.15) is 0 Å². The first kappa shape index (κ1) is 10.7. The van der Waals surface area contributed by atoms with Gasteiger partial charge < -0.3 is 14.4 Å². The van der Waals surface area contributed by atoms with Crippen molar-refractivity contribution >= 4 is 0 Å². The average molecular weight is 209 g/mol. The number of rotatable bonds is 3. The predicted octanol–water partition coefficient (Wildman–Crippen LogP) is 2.19. The van der Waals surface area contributed by atoms with Crippen LogP contribution in [0.25, 0.3) is 0 Å². The summed E-state index contributed by atoms with van der Waals surface area (Å²) in [5.74, 6) is 0.680. The minimum Gasteiger partial charge on any atom is -0.467 e. The van der Waals surface area contributed by atoms with Crippen molar-refractivity contribution in [2.75, 3.05) is 19.6 Å². The topological polar surface area (TPSA) is 36.6 Å². The number of aliphatic hydroxyl groups excluding tert-OH is 1. The number of β-amino-alcohol motifs (C(OH)–C–C–N with tert-alkyl or cyclic N) is 1. The number of aliphatic hydroxyl groups is 1. The van der Waals surface area contributed by atoms with Crippen LogP contribution in [0.5, 0.6) is 0 Å². The van der Waals surface area contributed by atoms with E-state index in [4.69, 9.17) is 4.42 Å². The lowest BCUT2D eigenvalue weighted by atomic mass is 10.2. The van der Waals surface area contributed by atoms with E-state index in [0.29, 0.717) is 12.3 Å². The van der Waals surface area contributed by atoms with E-state index >= 15 is 0 Å². The van der Waals surface area contributed by atoms with Gasteiger partial charge in [0.2, 0.25) is 0 Å². The number of hydrogen-bond acceptors (Lipinski definition) is 3. The van der Waals surface area contributed by atoms with Crippen LogP contribution in [-0.2, 0) is 0 Å². The van der Waals surface area contributed by atoms with Gasteiger partial charge in [-0.1, -0.05) is 12.8 Å². The predicted molar refractivity (Wildman–Crippen MR) is 58.6 cm³/mol. The second-order valence-electron chi connectivity index (χ2n) is 4.25. The molecule has 3 heteroatoms. The first-order valence-electron chi connectivity index (χ1n) is 5.80. The molecular weight excluding hydrogens is 190 g/mol. The molecule has 0 amide bonds. The first-order valence-corrected chi connectivity index (χ1v) is 5.80. The maximum Gasteiger partial charge on any atom is 0.133 e. The highest BCUT2D eigenvalue weighted by Gasteiger charge is 2.16. The lowest BCUT2D eigenvalue weighted by Crippen LogP contribution is -2.29. The zero-order valence-electron chi connectivity index (χ0n) is 9.06. The summed E-state index contributed by atoms with van der Waals surface area (Å²) in [5, 5.41) is 9.92. The lowest BCUT2D eigenvalue weighted by molar-refractivity contribution is 0.0961. The molecule has 2 heterocycles. The molecule has 0 radical (unpaired) electrons. The summed E-state index contributed by atoms with van der Waals surface area (Å²) in [6.45, 7) is 2.92. The Kier molecular flexibility index (Phi) is 3.80. The Hall–Kier alpha value is -0.800. The largest absolute Gasteiger partial charge is 0.467 e. The van der Waals surface area contributed by atoms with E-state index in [2.05, 4.69) is 4.90 Å². The van der Waals surface area contributed by atoms with Crippen molar-refractivity contribution in [2.45, 2.75) is 31.8 Å². The third kappa shape index (κ3) is 3.08. The molecule has 1 fully saturated rings. The van der Waals surface area contributed by atoms with Gasteiger partial charge in [0.1, 0.15) is 11.9 Å². The summed E-state index contributed by atoms with van der Waals surface area (Å²) in [7, 11) is 0. The zero-order valence-corrected chi connectivity index (χ0v) is 9.06. The van der Waals surface area contributed by atoms with Gasteiger partial charge in [0.25, 0.3) is 0 Å². The van der Waals surface area contributed by atoms with Crippen molar-refractivity contribution in [3.63, 3.8) is 0 Å². The minimum absolute atomic E-state index is 0.474. The molecule has 1 aromatic rings. The Labute approximate surface area is 90.7 Å². The van der Waals surface area contributed by atoms with E-state index in [1.54, 1.807) is 6.26 Å². The van der Waals surface area contributed by atoms with Gasteiger partial charge in [0.15, 0.2) is 0 Å². The summed E-state index contributed by atoms with van der Waals surface area (Å²) >= 11 is 0. The van der Waals surface area contributed by atoms with E-state index in [9.17, 15) is 5.11 Å². The van der Waals surface area contributed by atoms with Crippen molar-refractivity contribution in [3.8, 4) is 0 Å². The zero-order chi connectivity index (χ0) is 10.5. The second kappa shape index (κ2) is 5.33. The third-order valence-corrected chi connectivity index (χ3v) is 3.00. The van der Waals surface area contributed by atoms with E-state index in [-0.39, 0.29) is 0 Å². The number of likely N-dealkylation sites (tertiary alicyclic amines) is 1. The standard InChI is InChI=1S/C12H19NO2/c14-11(12-6-5-9-15-12)10-13-7-3-1-2-4-8-13/h5-6,9,11,14H,1-4,7-8,10H2. The van der Waals surface area contributed by atoms with Crippen LogP contribution < -0.4 is 0 Å². The molecule has 1 saturated heterocycles. The van der Waals surface area contributed by atoms with Crippen LogP contribution in [0.2, 0.25) is 0 Å². The average Bonchev–Trinajstić information content (AvgIpc) is 2.65. The molecule has 0 saturated carbocycles. The van der Waals surface area contributed by atoms with Gasteiger partial charge in [-0.05, 0) is 38.1 Å². The van der Waals surface area contributed by atoms with Gasteiger partial charge in [0.05, 0.1) is 6.26 Å². The van der Waals surface area contributed by atoms with Crippen LogP contribution in [0.15, 0.2) is 22.8 Å². The molecule has 3 nitrogen and oxygen atoms in total. The number of furan rings is 1. The maximum atomic E-state index is 9.92. The van der Waals surface area contributed by atoms with Gasteiger partial charge in [-0.15, -0.1) is 0 Å². The monoisotopic (exact) mass is 209 g/mol. The van der Waals surface area contributed by atoms with Gasteiger partial charge >= 0.3 is 0 Å². The van der Waals surface area contributed by atoms with Crippen LogP contribution >= 0.6 is 0 Å². The molecule has 84 valence electrons. The van der Waals surface area contributed by atoms with Crippen LogP contribution in [0.1, 0.15) is 37.5 Å². The molecule has 0 spiro atoms. The van der Waals surface area contributed by atoms with E-state index in [1.807, 2.05) is 12.1 Å². The third-order valence-electron chi connectivity index (χ3n) is 3.00. The fraction of sp³-hybridized carbons (Fsp3) is 0.667. The van der Waals surface area contributed by atoms with Crippen LogP contribution in [0.4, 0.5) is 0 Å². The molecule has 1 N–H and O–H groups in total. The molecule has 15 heavy (non-hydrogen) atoms. The molecule has 1 aromatic heterocycles. The van der Waals surface area contributed by atoms with Crippen molar-refractivity contribution in [1.82, 2.24) is 4.90 Å². The fourth-order valence-corrected chi connectivity index (χ4v) is 2.13. The fourth-order valence-electron chi connectivity index (χ4n) is 2.13. The smallest absolute Gasteiger partial charge is 0.133 e. The van der Waals surface area contributed by atoms with Crippen molar-refractivity contribution < 1.29 is 9.52 Å². The SMILES string of the molecule is OC(CN1CCCCCC1)c1ccco1. The normalized spacial score (nSPS) is 21.1. The molecule has 0 bridgehead atoms. The number of nitrogens with zero attached hydrogens (tertiary/aromatic N) is 1. The summed E-state index contributed by atoms with van der Waals surface area (Å²) in [6.07, 6.45) is 6.30. The quantitative estimate of drug-likeness (QED) is 0.829. The summed E-state index contributed by atoms with van der Waals surface area (Å²) in [6, 6.07) is 3.66. The first-order chi connectivity index (χ1) is 7.36. The Balaban J connectivity index is 1.84. The Morgan fingerprint density at radius 3 is 2.60 bits per heavy atom. The van der Waals surface area contributed by atoms with Crippen LogP contribution in [0.3, 0.4) is 0 Å². The van der Waals surface area contributed by atoms with Crippen LogP contribution in [-0.4, -0.2) is 29.6 Å². The Bertz CT molecular complexity index is 263. The van der Waals surface area contributed by atoms with E-state index in [1.165, 1.54) is 25.7 Å². The molecule has 1 atom stereocenters. The molecule has 1 aliphatic rings.